The second-order valence-corrected chi connectivity index (χ2v) is 22.1. The number of para-hydroxylation sites is 3. The summed E-state index contributed by atoms with van der Waals surface area (Å²) in [6, 6.07) is 121. The van der Waals surface area contributed by atoms with Gasteiger partial charge >= 0.3 is 0 Å². The highest BCUT2D eigenvalue weighted by Gasteiger charge is 2.54. The van der Waals surface area contributed by atoms with Crippen molar-refractivity contribution in [3.05, 3.63) is 344 Å². The molecule has 0 spiro atoms. The van der Waals surface area contributed by atoms with Crippen LogP contribution in [0.5, 0.6) is 0 Å². The van der Waals surface area contributed by atoms with Crippen LogP contribution in [0.3, 0.4) is 0 Å². The third-order valence-electron chi connectivity index (χ3n) is 17.9. The predicted octanol–water partition coefficient (Wildman–Crippen LogP) is 15.5. The molecule has 0 radical (unpaired) electrons. The van der Waals surface area contributed by atoms with E-state index >= 15 is 0 Å². The van der Waals surface area contributed by atoms with E-state index in [1.807, 2.05) is 0 Å². The molecule has 3 heterocycles. The second-order valence-electron chi connectivity index (χ2n) is 22.1. The summed E-state index contributed by atoms with van der Waals surface area (Å²) < 4.78 is 0. The highest BCUT2D eigenvalue weighted by molar-refractivity contribution is 7.03. The molecular formula is C79H53B2N. The molecule has 1 nitrogen and oxygen atoms in total. The van der Waals surface area contributed by atoms with Gasteiger partial charge < -0.3 is 4.90 Å². The zero-order valence-electron chi connectivity index (χ0n) is 45.2. The van der Waals surface area contributed by atoms with Crippen LogP contribution in [0.4, 0.5) is 17.1 Å². The molecule has 3 heteroatoms. The van der Waals surface area contributed by atoms with Crippen LogP contribution < -0.4 is 37.7 Å². The van der Waals surface area contributed by atoms with Crippen molar-refractivity contribution in [1.29, 1.82) is 0 Å². The smallest absolute Gasteiger partial charge is 0.248 e. The Balaban J connectivity index is 1.10. The number of benzene rings is 13. The summed E-state index contributed by atoms with van der Waals surface area (Å²) in [7, 11) is 0. The van der Waals surface area contributed by atoms with Gasteiger partial charge in [-0.2, -0.15) is 0 Å². The lowest BCUT2D eigenvalue weighted by Gasteiger charge is -2.53. The van der Waals surface area contributed by atoms with E-state index in [9.17, 15) is 0 Å². The molecule has 0 saturated carbocycles. The summed E-state index contributed by atoms with van der Waals surface area (Å²) in [5, 5.41) is 0. The molecule has 0 fully saturated rings. The maximum absolute atomic E-state index is 2.74. The Morgan fingerprint density at radius 3 is 0.780 bits per heavy atom. The van der Waals surface area contributed by atoms with Crippen molar-refractivity contribution in [3.63, 3.8) is 0 Å². The SMILES string of the molecule is c1ccc(-c2cc(-c3ccccc3)c(B3c4cccc5c4N4c6c3cccc6C(c3ccccc3)(c3ccccc3)c3cccc(c34)B5c3c(-c4ccccc4)cc(-c4ccccc4)cc3-c3ccccc3)c(-c3ccccc3)c2)cc1. The van der Waals surface area contributed by atoms with E-state index in [2.05, 4.69) is 326 Å². The molecule has 13 aromatic carbocycles. The molecule has 3 aliphatic heterocycles. The lowest BCUT2D eigenvalue weighted by molar-refractivity contribution is 0.733. The van der Waals surface area contributed by atoms with Crippen molar-refractivity contribution in [2.45, 2.75) is 5.41 Å². The van der Waals surface area contributed by atoms with Crippen molar-refractivity contribution >= 4 is 63.3 Å². The number of hydrogen-bond acceptors (Lipinski definition) is 1. The number of nitrogens with zero attached hydrogens (tertiary/aromatic N) is 1. The standard InChI is InChI=1S/C79H53B2N/c1-9-28-54(29-10-1)60-50-64(56-32-13-3-14-33-56)74(65(51-60)57-34-15-4-16-35-57)80-70-46-25-44-68-76(70)82-77-69(79(68,62-40-21-7-22-41-62)63-42-23-8-24-43-63)45-26-47-71(77)81(73-49-27-48-72(80)78(73)82)75-66(58-36-17-5-18-37-58)52-61(55-30-11-2-12-31-55)53-67(75)59-38-19-6-20-39-59/h1-53H. The Hall–Kier alpha value is -10.2. The topological polar surface area (TPSA) is 3.24 Å². The fourth-order valence-corrected chi connectivity index (χ4v) is 14.5. The summed E-state index contributed by atoms with van der Waals surface area (Å²) in [6.45, 7) is -0.397. The minimum atomic E-state index is -0.710. The molecule has 0 N–H and O–H groups in total. The average molecular weight is 1040 g/mol. The van der Waals surface area contributed by atoms with Gasteiger partial charge in [-0.1, -0.05) is 308 Å². The van der Waals surface area contributed by atoms with Crippen molar-refractivity contribution in [2.24, 2.45) is 0 Å². The second kappa shape index (κ2) is 19.6. The Kier molecular flexibility index (Phi) is 11.4. The number of rotatable bonds is 10. The molecule has 0 bridgehead atoms. The van der Waals surface area contributed by atoms with Crippen molar-refractivity contribution in [1.82, 2.24) is 0 Å². The molecule has 0 saturated heterocycles. The molecule has 3 aliphatic rings. The van der Waals surface area contributed by atoms with E-state index in [1.54, 1.807) is 0 Å². The van der Waals surface area contributed by atoms with Gasteiger partial charge in [0.1, 0.15) is 0 Å². The van der Waals surface area contributed by atoms with E-state index < -0.39 is 5.41 Å². The van der Waals surface area contributed by atoms with Crippen molar-refractivity contribution < 1.29 is 0 Å². The molecule has 0 atom stereocenters. The summed E-state index contributed by atoms with van der Waals surface area (Å²) >= 11 is 0. The van der Waals surface area contributed by atoms with Gasteiger partial charge in [0.15, 0.2) is 0 Å². The first-order valence-electron chi connectivity index (χ1n) is 28.7. The Morgan fingerprint density at radius 2 is 0.476 bits per heavy atom. The molecule has 0 aromatic heterocycles. The van der Waals surface area contributed by atoms with Crippen molar-refractivity contribution in [3.8, 4) is 66.8 Å². The summed E-state index contributed by atoms with van der Waals surface area (Å²) in [4.78, 5) is 2.74. The fourth-order valence-electron chi connectivity index (χ4n) is 14.5. The highest BCUT2D eigenvalue weighted by Crippen LogP contribution is 2.58. The largest absolute Gasteiger partial charge is 0.312 e. The molecule has 13 aromatic rings. The molecule has 0 amide bonds. The zero-order chi connectivity index (χ0) is 54.1. The normalized spacial score (nSPS) is 13.1. The number of hydrogen-bond donors (Lipinski definition) is 0. The van der Waals surface area contributed by atoms with Gasteiger partial charge in [0.2, 0.25) is 13.4 Å². The van der Waals surface area contributed by atoms with Crippen LogP contribution in [0.25, 0.3) is 66.8 Å². The lowest BCUT2D eigenvalue weighted by Crippen LogP contribution is -2.67. The Morgan fingerprint density at radius 1 is 0.220 bits per heavy atom. The van der Waals surface area contributed by atoms with E-state index in [0.717, 1.165) is 0 Å². The first-order chi connectivity index (χ1) is 40.7. The molecule has 0 unspecified atom stereocenters. The van der Waals surface area contributed by atoms with Crippen LogP contribution in [0.1, 0.15) is 22.3 Å². The van der Waals surface area contributed by atoms with E-state index in [0.29, 0.717) is 0 Å². The molecule has 0 aliphatic carbocycles. The van der Waals surface area contributed by atoms with Crippen LogP contribution in [-0.2, 0) is 5.41 Å². The fraction of sp³-hybridized carbons (Fsp3) is 0.0127. The van der Waals surface area contributed by atoms with Crippen LogP contribution in [0.2, 0.25) is 0 Å². The Bertz CT molecular complexity index is 4120. The molecule has 380 valence electrons. The van der Waals surface area contributed by atoms with Gasteiger partial charge in [-0.25, -0.2) is 0 Å². The van der Waals surface area contributed by atoms with Crippen LogP contribution in [0.15, 0.2) is 322 Å². The van der Waals surface area contributed by atoms with Gasteiger partial charge in [-0.05, 0) is 135 Å². The summed E-state index contributed by atoms with van der Waals surface area (Å²) in [5.74, 6) is 0. The minimum Gasteiger partial charge on any atom is -0.312 e. The average Bonchev–Trinajstić information content (AvgIpc) is 1.75. The summed E-state index contributed by atoms with van der Waals surface area (Å²) in [6.07, 6.45) is 0. The van der Waals surface area contributed by atoms with Crippen molar-refractivity contribution in [2.75, 3.05) is 4.90 Å². The molecular weight excluding hydrogens is 984 g/mol. The van der Waals surface area contributed by atoms with E-state index in [4.69, 9.17) is 0 Å². The lowest BCUT2D eigenvalue weighted by atomic mass is 9.28. The highest BCUT2D eigenvalue weighted by atomic mass is 15.2. The maximum atomic E-state index is 2.74. The van der Waals surface area contributed by atoms with Gasteiger partial charge in [-0.15, -0.1) is 0 Å². The maximum Gasteiger partial charge on any atom is 0.248 e. The first-order valence-corrected chi connectivity index (χ1v) is 28.7. The van der Waals surface area contributed by atoms with Crippen LogP contribution in [-0.4, -0.2) is 13.4 Å². The minimum absolute atomic E-state index is 0.198. The van der Waals surface area contributed by atoms with Gasteiger partial charge in [-0.3, -0.25) is 0 Å². The predicted molar refractivity (Wildman–Crippen MR) is 348 cm³/mol. The quantitative estimate of drug-likeness (QED) is 0.123. The van der Waals surface area contributed by atoms with Gasteiger partial charge in [0, 0.05) is 17.1 Å². The molecule has 82 heavy (non-hydrogen) atoms. The van der Waals surface area contributed by atoms with Crippen LogP contribution >= 0.6 is 0 Å². The Labute approximate surface area is 481 Å². The van der Waals surface area contributed by atoms with Gasteiger partial charge in [0.05, 0.1) is 5.41 Å². The molecule has 16 rings (SSSR count). The van der Waals surface area contributed by atoms with E-state index in [1.165, 1.54) is 139 Å². The third kappa shape index (κ3) is 7.36. The first kappa shape index (κ1) is 47.8. The van der Waals surface area contributed by atoms with E-state index in [-0.39, 0.29) is 13.4 Å². The zero-order valence-corrected chi connectivity index (χ0v) is 45.2. The summed E-state index contributed by atoms with van der Waals surface area (Å²) in [5.41, 5.74) is 30.3. The third-order valence-corrected chi connectivity index (χ3v) is 17.9. The van der Waals surface area contributed by atoms with Gasteiger partial charge in [0.25, 0.3) is 0 Å². The monoisotopic (exact) mass is 1040 g/mol. The van der Waals surface area contributed by atoms with Crippen LogP contribution in [0, 0.1) is 0 Å². The number of anilines is 3.